The first-order valence-electron chi connectivity index (χ1n) is 8.62. The van der Waals surface area contributed by atoms with Crippen LogP contribution in [0.2, 0.25) is 0 Å². The van der Waals surface area contributed by atoms with E-state index < -0.39 is 0 Å². The van der Waals surface area contributed by atoms with Crippen molar-refractivity contribution in [2.45, 2.75) is 58.2 Å². The fourth-order valence-corrected chi connectivity index (χ4v) is 3.66. The fraction of sp³-hybridized carbons (Fsp3) is 0.611. The van der Waals surface area contributed by atoms with Crippen molar-refractivity contribution in [1.29, 1.82) is 0 Å². The van der Waals surface area contributed by atoms with Crippen molar-refractivity contribution in [3.05, 3.63) is 30.1 Å². The minimum atomic E-state index is 0.304. The van der Waals surface area contributed by atoms with Gasteiger partial charge in [0.15, 0.2) is 0 Å². The van der Waals surface area contributed by atoms with Gasteiger partial charge < -0.3 is 9.67 Å². The summed E-state index contributed by atoms with van der Waals surface area (Å²) in [4.78, 5) is 7.44. The summed E-state index contributed by atoms with van der Waals surface area (Å²) in [6.45, 7) is 5.65. The number of aliphatic hydroxyl groups excluding tert-OH is 1. The molecule has 0 bridgehead atoms. The predicted octanol–water partition coefficient (Wildman–Crippen LogP) is 3.18. The maximum atomic E-state index is 9.08. The van der Waals surface area contributed by atoms with Gasteiger partial charge in [-0.15, -0.1) is 0 Å². The zero-order valence-corrected chi connectivity index (χ0v) is 13.5. The monoisotopic (exact) mass is 301 g/mol. The number of aromatic nitrogens is 2. The molecule has 1 fully saturated rings. The van der Waals surface area contributed by atoms with Crippen LogP contribution in [0.3, 0.4) is 0 Å². The molecule has 3 rings (SSSR count). The Morgan fingerprint density at radius 1 is 1.32 bits per heavy atom. The van der Waals surface area contributed by atoms with Crippen LogP contribution in [0.5, 0.6) is 0 Å². The lowest BCUT2D eigenvalue weighted by molar-refractivity contribution is 0.204. The number of rotatable bonds is 7. The Balaban J connectivity index is 1.81. The number of fused-ring (bicyclic) bond motifs is 1. The SMILES string of the molecule is CCCn1c(CN2CCCC2CCCO)nc2ccccc21. The van der Waals surface area contributed by atoms with Crippen molar-refractivity contribution < 1.29 is 5.11 Å². The van der Waals surface area contributed by atoms with Crippen molar-refractivity contribution in [2.75, 3.05) is 13.2 Å². The Hall–Kier alpha value is -1.39. The first-order valence-corrected chi connectivity index (χ1v) is 8.62. The second-order valence-corrected chi connectivity index (χ2v) is 6.30. The Bertz CT molecular complexity index is 607. The molecule has 1 aliphatic heterocycles. The maximum Gasteiger partial charge on any atom is 0.124 e. The third kappa shape index (κ3) is 3.18. The number of likely N-dealkylation sites (tertiary alicyclic amines) is 1. The summed E-state index contributed by atoms with van der Waals surface area (Å²) >= 11 is 0. The van der Waals surface area contributed by atoms with Crippen LogP contribution >= 0.6 is 0 Å². The minimum absolute atomic E-state index is 0.304. The average Bonchev–Trinajstić information content (AvgIpc) is 3.11. The summed E-state index contributed by atoms with van der Waals surface area (Å²) in [5.41, 5.74) is 2.36. The smallest absolute Gasteiger partial charge is 0.124 e. The van der Waals surface area contributed by atoms with Gasteiger partial charge in [-0.2, -0.15) is 0 Å². The zero-order valence-electron chi connectivity index (χ0n) is 13.5. The molecule has 2 heterocycles. The lowest BCUT2D eigenvalue weighted by atomic mass is 10.1. The molecule has 0 radical (unpaired) electrons. The molecule has 1 aliphatic rings. The Labute approximate surface area is 132 Å². The van der Waals surface area contributed by atoms with E-state index in [0.717, 1.165) is 44.4 Å². The second kappa shape index (κ2) is 7.25. The highest BCUT2D eigenvalue weighted by atomic mass is 16.2. The van der Waals surface area contributed by atoms with E-state index in [4.69, 9.17) is 10.1 Å². The molecular formula is C18H27N3O. The van der Waals surface area contributed by atoms with Crippen LogP contribution in [0.25, 0.3) is 11.0 Å². The maximum absolute atomic E-state index is 9.08. The first kappa shape index (κ1) is 15.5. The van der Waals surface area contributed by atoms with E-state index in [0.29, 0.717) is 12.6 Å². The number of aliphatic hydroxyl groups is 1. The van der Waals surface area contributed by atoms with E-state index in [9.17, 15) is 0 Å². The number of hydrogen-bond acceptors (Lipinski definition) is 3. The fourth-order valence-electron chi connectivity index (χ4n) is 3.66. The largest absolute Gasteiger partial charge is 0.396 e. The zero-order chi connectivity index (χ0) is 15.4. The number of para-hydroxylation sites is 2. The third-order valence-corrected chi connectivity index (χ3v) is 4.72. The van der Waals surface area contributed by atoms with Gasteiger partial charge in [-0.1, -0.05) is 19.1 Å². The molecule has 1 aromatic carbocycles. The molecule has 2 aromatic rings. The lowest BCUT2D eigenvalue weighted by Gasteiger charge is -2.24. The van der Waals surface area contributed by atoms with Gasteiger partial charge in [0.05, 0.1) is 17.6 Å². The minimum Gasteiger partial charge on any atom is -0.396 e. The van der Waals surface area contributed by atoms with E-state index >= 15 is 0 Å². The number of aryl methyl sites for hydroxylation is 1. The summed E-state index contributed by atoms with van der Waals surface area (Å²) < 4.78 is 2.39. The van der Waals surface area contributed by atoms with Crippen LogP contribution in [0.1, 0.15) is 44.9 Å². The molecule has 4 heteroatoms. The summed E-state index contributed by atoms with van der Waals surface area (Å²) in [5.74, 6) is 1.19. The van der Waals surface area contributed by atoms with Crippen LogP contribution in [0.15, 0.2) is 24.3 Å². The van der Waals surface area contributed by atoms with Crippen molar-refractivity contribution >= 4 is 11.0 Å². The van der Waals surface area contributed by atoms with Crippen molar-refractivity contribution in [2.24, 2.45) is 0 Å². The molecule has 0 aliphatic carbocycles. The number of benzene rings is 1. The van der Waals surface area contributed by atoms with Gasteiger partial charge in [0.2, 0.25) is 0 Å². The summed E-state index contributed by atoms with van der Waals surface area (Å²) in [6.07, 6.45) is 5.66. The van der Waals surface area contributed by atoms with Gasteiger partial charge in [0.25, 0.3) is 0 Å². The van der Waals surface area contributed by atoms with Gasteiger partial charge >= 0.3 is 0 Å². The van der Waals surface area contributed by atoms with Gasteiger partial charge in [0.1, 0.15) is 5.82 Å². The van der Waals surface area contributed by atoms with E-state index in [-0.39, 0.29) is 0 Å². The molecule has 1 aromatic heterocycles. The van der Waals surface area contributed by atoms with Crippen molar-refractivity contribution in [3.8, 4) is 0 Å². The van der Waals surface area contributed by atoms with Crippen LogP contribution in [0.4, 0.5) is 0 Å². The van der Waals surface area contributed by atoms with E-state index in [1.165, 1.54) is 24.2 Å². The van der Waals surface area contributed by atoms with E-state index in [1.807, 2.05) is 0 Å². The van der Waals surface area contributed by atoms with Gasteiger partial charge in [-0.3, -0.25) is 4.90 Å². The van der Waals surface area contributed by atoms with Gasteiger partial charge in [0, 0.05) is 19.2 Å². The molecular weight excluding hydrogens is 274 g/mol. The van der Waals surface area contributed by atoms with Crippen molar-refractivity contribution in [1.82, 2.24) is 14.5 Å². The molecule has 4 nitrogen and oxygen atoms in total. The molecule has 0 spiro atoms. The van der Waals surface area contributed by atoms with Crippen LogP contribution in [-0.2, 0) is 13.1 Å². The third-order valence-electron chi connectivity index (χ3n) is 4.72. The van der Waals surface area contributed by atoms with Gasteiger partial charge in [-0.05, 0) is 50.8 Å². The number of nitrogens with zero attached hydrogens (tertiary/aromatic N) is 3. The highest BCUT2D eigenvalue weighted by molar-refractivity contribution is 5.75. The van der Waals surface area contributed by atoms with E-state index in [1.54, 1.807) is 0 Å². The molecule has 1 atom stereocenters. The number of imidazole rings is 1. The molecule has 0 saturated carbocycles. The summed E-state index contributed by atoms with van der Waals surface area (Å²) in [6, 6.07) is 9.06. The van der Waals surface area contributed by atoms with Crippen LogP contribution in [0, 0.1) is 0 Å². The highest BCUT2D eigenvalue weighted by Crippen LogP contribution is 2.25. The number of hydrogen-bond donors (Lipinski definition) is 1. The normalized spacial score (nSPS) is 19.3. The molecule has 120 valence electrons. The Morgan fingerprint density at radius 3 is 3.00 bits per heavy atom. The van der Waals surface area contributed by atoms with Crippen molar-refractivity contribution in [3.63, 3.8) is 0 Å². The summed E-state index contributed by atoms with van der Waals surface area (Å²) in [5, 5.41) is 9.08. The van der Waals surface area contributed by atoms with E-state index in [2.05, 4.69) is 40.7 Å². The first-order chi connectivity index (χ1) is 10.8. The predicted molar refractivity (Wildman–Crippen MR) is 89.8 cm³/mol. The van der Waals surface area contributed by atoms with Crippen LogP contribution < -0.4 is 0 Å². The standard InChI is InChI=1S/C18H27N3O/c1-2-11-21-17-10-4-3-9-16(17)19-18(21)14-20-12-5-7-15(20)8-6-13-22/h3-4,9-10,15,22H,2,5-8,11-14H2,1H3. The quantitative estimate of drug-likeness (QED) is 0.854. The lowest BCUT2D eigenvalue weighted by Crippen LogP contribution is -2.30. The second-order valence-electron chi connectivity index (χ2n) is 6.30. The molecule has 1 saturated heterocycles. The topological polar surface area (TPSA) is 41.3 Å². The van der Waals surface area contributed by atoms with Crippen LogP contribution in [-0.4, -0.2) is 38.8 Å². The summed E-state index contributed by atoms with van der Waals surface area (Å²) in [7, 11) is 0. The molecule has 1 N–H and O–H groups in total. The average molecular weight is 301 g/mol. The highest BCUT2D eigenvalue weighted by Gasteiger charge is 2.25. The molecule has 0 amide bonds. The molecule has 1 unspecified atom stereocenters. The van der Waals surface area contributed by atoms with Gasteiger partial charge in [-0.25, -0.2) is 4.98 Å². The Morgan fingerprint density at radius 2 is 2.18 bits per heavy atom. The Kier molecular flexibility index (Phi) is 5.11. The molecule has 22 heavy (non-hydrogen) atoms.